The lowest BCUT2D eigenvalue weighted by molar-refractivity contribution is 0.669. The Hall–Kier alpha value is -7.75. The van der Waals surface area contributed by atoms with E-state index in [0.717, 1.165) is 44.6 Å². The van der Waals surface area contributed by atoms with E-state index in [1.165, 1.54) is 71.6 Å². The van der Waals surface area contributed by atoms with Crippen LogP contribution in [0.2, 0.25) is 0 Å². The Kier molecular flexibility index (Phi) is 7.23. The zero-order valence-corrected chi connectivity index (χ0v) is 31.4. The maximum absolute atomic E-state index is 6.54. The fraction of sp³-hybridized carbons (Fsp3) is 0. The van der Waals surface area contributed by atoms with E-state index in [0.29, 0.717) is 0 Å². The summed E-state index contributed by atoms with van der Waals surface area (Å²) < 4.78 is 6.54. The summed E-state index contributed by atoms with van der Waals surface area (Å²) in [6, 6.07) is 70.0. The first-order chi connectivity index (χ1) is 28.8. The third-order valence-electron chi connectivity index (χ3n) is 11.9. The second kappa shape index (κ2) is 12.9. The summed E-state index contributed by atoms with van der Waals surface area (Å²) in [5.74, 6) is 0. The first kappa shape index (κ1) is 32.5. The third-order valence-corrected chi connectivity index (χ3v) is 11.9. The molecule has 0 atom stereocenters. The molecule has 1 aliphatic carbocycles. The fourth-order valence-electron chi connectivity index (χ4n) is 9.48. The second-order valence-corrected chi connectivity index (χ2v) is 15.0. The Balaban J connectivity index is 1.05. The zero-order valence-electron chi connectivity index (χ0n) is 31.4. The predicted molar refractivity (Wildman–Crippen MR) is 242 cm³/mol. The number of fused-ring (bicyclic) bond motifs is 7. The van der Waals surface area contributed by atoms with E-state index in [1.807, 2.05) is 36.7 Å². The van der Waals surface area contributed by atoms with E-state index in [-0.39, 0.29) is 0 Å². The Morgan fingerprint density at radius 1 is 0.345 bits per heavy atom. The Morgan fingerprint density at radius 2 is 0.879 bits per heavy atom. The van der Waals surface area contributed by atoms with Gasteiger partial charge in [-0.05, 0) is 114 Å². The van der Waals surface area contributed by atoms with Crippen molar-refractivity contribution in [2.45, 2.75) is 0 Å². The van der Waals surface area contributed by atoms with Crippen LogP contribution in [0.25, 0.3) is 99.1 Å². The van der Waals surface area contributed by atoms with Crippen LogP contribution < -0.4 is 4.90 Å². The van der Waals surface area contributed by atoms with Gasteiger partial charge in [-0.1, -0.05) is 158 Å². The molecule has 0 radical (unpaired) electrons. The molecule has 12 rings (SSSR count). The highest BCUT2D eigenvalue weighted by Crippen LogP contribution is 2.58. The van der Waals surface area contributed by atoms with Crippen LogP contribution in [0.3, 0.4) is 0 Å². The molecule has 3 heteroatoms. The van der Waals surface area contributed by atoms with Gasteiger partial charge >= 0.3 is 0 Å². The molecule has 0 N–H and O–H groups in total. The summed E-state index contributed by atoms with van der Waals surface area (Å²) in [4.78, 5) is 6.60. The zero-order chi connectivity index (χ0) is 38.2. The van der Waals surface area contributed by atoms with Crippen molar-refractivity contribution in [1.82, 2.24) is 4.98 Å². The van der Waals surface area contributed by atoms with E-state index < -0.39 is 0 Å². The average molecular weight is 739 g/mol. The Morgan fingerprint density at radius 3 is 1.57 bits per heavy atom. The number of nitrogens with zero attached hydrogens (tertiary/aromatic N) is 2. The maximum Gasteiger partial charge on any atom is 0.159 e. The minimum atomic E-state index is 0.856. The van der Waals surface area contributed by atoms with Gasteiger partial charge in [-0.2, -0.15) is 0 Å². The quantitative estimate of drug-likeness (QED) is 0.170. The highest BCUT2D eigenvalue weighted by atomic mass is 16.3. The molecule has 11 aromatic rings. The number of pyridine rings is 1. The van der Waals surface area contributed by atoms with Crippen LogP contribution in [0.5, 0.6) is 0 Å². The maximum atomic E-state index is 6.54. The number of benzene rings is 9. The van der Waals surface area contributed by atoms with Crippen LogP contribution >= 0.6 is 0 Å². The SMILES string of the molecule is c1ccc(-c2c3c(c(-c4ccccc4)c4ccccc24)-c2ccc(-c4ccc(N(c5ccncc5)c5cccc6c5oc5ccccc56)cc4)c4cccc-3c24)cc1. The summed E-state index contributed by atoms with van der Waals surface area (Å²) in [6.45, 7) is 0. The van der Waals surface area contributed by atoms with Gasteiger partial charge in [0.1, 0.15) is 5.58 Å². The molecule has 0 amide bonds. The molecule has 0 saturated heterocycles. The average Bonchev–Trinajstić information content (AvgIpc) is 3.84. The van der Waals surface area contributed by atoms with E-state index in [9.17, 15) is 0 Å². The third kappa shape index (κ3) is 4.84. The van der Waals surface area contributed by atoms with Crippen molar-refractivity contribution < 1.29 is 4.42 Å². The van der Waals surface area contributed by atoms with E-state index >= 15 is 0 Å². The molecular formula is C55H34N2O. The lowest BCUT2D eigenvalue weighted by Crippen LogP contribution is -2.10. The summed E-state index contributed by atoms with van der Waals surface area (Å²) in [6.07, 6.45) is 3.69. The van der Waals surface area contributed by atoms with Crippen molar-refractivity contribution in [3.63, 3.8) is 0 Å². The smallest absolute Gasteiger partial charge is 0.159 e. The molecule has 3 nitrogen and oxygen atoms in total. The predicted octanol–water partition coefficient (Wildman–Crippen LogP) is 15.4. The number of hydrogen-bond donors (Lipinski definition) is 0. The molecular weight excluding hydrogens is 705 g/mol. The number of furan rings is 1. The van der Waals surface area contributed by atoms with Crippen LogP contribution in [0.1, 0.15) is 0 Å². The lowest BCUT2D eigenvalue weighted by atomic mass is 9.82. The molecule has 0 saturated carbocycles. The van der Waals surface area contributed by atoms with Gasteiger partial charge < -0.3 is 9.32 Å². The van der Waals surface area contributed by atoms with E-state index in [1.54, 1.807) is 0 Å². The van der Waals surface area contributed by atoms with Gasteiger partial charge in [-0.3, -0.25) is 4.98 Å². The van der Waals surface area contributed by atoms with Crippen LogP contribution in [0, 0.1) is 0 Å². The van der Waals surface area contributed by atoms with Crippen molar-refractivity contribution >= 4 is 60.5 Å². The van der Waals surface area contributed by atoms with Crippen molar-refractivity contribution in [3.05, 3.63) is 207 Å². The minimum Gasteiger partial charge on any atom is -0.454 e. The number of hydrogen-bond acceptors (Lipinski definition) is 3. The second-order valence-electron chi connectivity index (χ2n) is 15.0. The highest BCUT2D eigenvalue weighted by Gasteiger charge is 2.31. The van der Waals surface area contributed by atoms with Gasteiger partial charge in [0.15, 0.2) is 5.58 Å². The summed E-state index contributed by atoms with van der Waals surface area (Å²) in [7, 11) is 0. The monoisotopic (exact) mass is 738 g/mol. The van der Waals surface area contributed by atoms with Crippen molar-refractivity contribution in [2.24, 2.45) is 0 Å². The Labute approximate surface area is 335 Å². The molecule has 1 aliphatic rings. The number of rotatable bonds is 6. The number of aromatic nitrogens is 1. The van der Waals surface area contributed by atoms with Crippen molar-refractivity contribution in [3.8, 4) is 55.6 Å². The van der Waals surface area contributed by atoms with Gasteiger partial charge in [0.25, 0.3) is 0 Å². The standard InChI is InChI=1S/C55H34N2O/c1-3-13-36(14-4-1)50-43-18-7-8-19-44(43)51(37-15-5-2-6-16-37)54-47-30-29-40(42-20-11-22-46(52(42)47)53(50)54)35-25-27-38(28-26-35)57(39-31-33-56-34-32-39)48-23-12-21-45-41-17-9-10-24-49(41)58-55(45)48/h1-34H. The molecule has 270 valence electrons. The topological polar surface area (TPSA) is 29.3 Å². The van der Waals surface area contributed by atoms with Crippen LogP contribution in [-0.4, -0.2) is 4.98 Å². The highest BCUT2D eigenvalue weighted by molar-refractivity contribution is 6.28. The molecule has 0 fully saturated rings. The van der Waals surface area contributed by atoms with E-state index in [2.05, 4.69) is 180 Å². The van der Waals surface area contributed by atoms with Crippen molar-refractivity contribution in [2.75, 3.05) is 4.90 Å². The summed E-state index contributed by atoms with van der Waals surface area (Å²) in [5.41, 5.74) is 17.4. The van der Waals surface area contributed by atoms with Crippen LogP contribution in [0.15, 0.2) is 211 Å². The van der Waals surface area contributed by atoms with Gasteiger partial charge in [0, 0.05) is 34.5 Å². The Bertz CT molecular complexity index is 3280. The van der Waals surface area contributed by atoms with Crippen molar-refractivity contribution in [1.29, 1.82) is 0 Å². The number of anilines is 3. The molecule has 0 spiro atoms. The summed E-state index contributed by atoms with van der Waals surface area (Å²) in [5, 5.41) is 7.29. The van der Waals surface area contributed by atoms with Gasteiger partial charge in [-0.15, -0.1) is 0 Å². The van der Waals surface area contributed by atoms with Gasteiger partial charge in [0.2, 0.25) is 0 Å². The van der Waals surface area contributed by atoms with Gasteiger partial charge in [-0.25, -0.2) is 0 Å². The largest absolute Gasteiger partial charge is 0.454 e. The van der Waals surface area contributed by atoms with E-state index in [4.69, 9.17) is 4.42 Å². The molecule has 58 heavy (non-hydrogen) atoms. The molecule has 0 unspecified atom stereocenters. The van der Waals surface area contributed by atoms with Crippen LogP contribution in [0.4, 0.5) is 17.1 Å². The number of para-hydroxylation sites is 2. The molecule has 2 aromatic heterocycles. The normalized spacial score (nSPS) is 11.8. The minimum absolute atomic E-state index is 0.856. The fourth-order valence-corrected chi connectivity index (χ4v) is 9.48. The molecule has 9 aromatic carbocycles. The molecule has 0 bridgehead atoms. The first-order valence-electron chi connectivity index (χ1n) is 19.8. The molecule has 0 aliphatic heterocycles. The van der Waals surface area contributed by atoms with Gasteiger partial charge in [0.05, 0.1) is 5.69 Å². The lowest BCUT2D eigenvalue weighted by Gasteiger charge is -2.25. The van der Waals surface area contributed by atoms with Crippen LogP contribution in [-0.2, 0) is 0 Å². The first-order valence-corrected chi connectivity index (χ1v) is 19.8. The summed E-state index contributed by atoms with van der Waals surface area (Å²) >= 11 is 0. The molecule has 2 heterocycles.